The van der Waals surface area contributed by atoms with E-state index >= 15 is 0 Å². The number of carbonyl (C=O) groups excluding carboxylic acids is 1. The van der Waals surface area contributed by atoms with Gasteiger partial charge >= 0.3 is 5.97 Å². The van der Waals surface area contributed by atoms with E-state index in [1.54, 1.807) is 0 Å². The summed E-state index contributed by atoms with van der Waals surface area (Å²) in [5.41, 5.74) is -0.333. The van der Waals surface area contributed by atoms with Gasteiger partial charge in [0.2, 0.25) is 0 Å². The zero-order valence-corrected chi connectivity index (χ0v) is 10.3. The van der Waals surface area contributed by atoms with Gasteiger partial charge < -0.3 is 10.4 Å². The van der Waals surface area contributed by atoms with Gasteiger partial charge in [0, 0.05) is 11.6 Å². The van der Waals surface area contributed by atoms with Gasteiger partial charge in [0.15, 0.2) is 17.5 Å². The van der Waals surface area contributed by atoms with Crippen LogP contribution in [0.15, 0.2) is 12.1 Å². The molecule has 0 unspecified atom stereocenters. The first-order chi connectivity index (χ1) is 9.38. The third-order valence-corrected chi connectivity index (χ3v) is 3.36. The number of nitrogens with one attached hydrogen (secondary N) is 1. The highest BCUT2D eigenvalue weighted by molar-refractivity contribution is 5.94. The first-order valence-electron chi connectivity index (χ1n) is 6.06. The third-order valence-electron chi connectivity index (χ3n) is 3.36. The SMILES string of the molecule is O=C(N[C@H]1CC[C@@H](C(=O)O)C1)c1cc(F)c(F)c(F)c1. The lowest BCUT2D eigenvalue weighted by Gasteiger charge is -2.12. The summed E-state index contributed by atoms with van der Waals surface area (Å²) in [6, 6.07) is 0.856. The van der Waals surface area contributed by atoms with E-state index in [9.17, 15) is 22.8 Å². The second-order valence-electron chi connectivity index (χ2n) is 4.77. The van der Waals surface area contributed by atoms with Gasteiger partial charge in [0.25, 0.3) is 5.91 Å². The lowest BCUT2D eigenvalue weighted by atomic mass is 10.1. The minimum atomic E-state index is -1.63. The third kappa shape index (κ3) is 2.92. The lowest BCUT2D eigenvalue weighted by molar-refractivity contribution is -0.141. The average molecular weight is 287 g/mol. The first kappa shape index (κ1) is 14.4. The molecule has 20 heavy (non-hydrogen) atoms. The summed E-state index contributed by atoms with van der Waals surface area (Å²) in [7, 11) is 0. The highest BCUT2D eigenvalue weighted by Gasteiger charge is 2.30. The Hall–Kier alpha value is -2.05. The van der Waals surface area contributed by atoms with Crippen molar-refractivity contribution >= 4 is 11.9 Å². The van der Waals surface area contributed by atoms with Crippen LogP contribution in [0.1, 0.15) is 29.6 Å². The van der Waals surface area contributed by atoms with Crippen molar-refractivity contribution in [2.24, 2.45) is 5.92 Å². The standard InChI is InChI=1S/C13H12F3NO3/c14-9-4-7(5-10(15)11(9)16)12(18)17-8-2-1-6(3-8)13(19)20/h4-6,8H,1-3H2,(H,17,18)(H,19,20)/t6-,8+/m1/s1. The predicted octanol–water partition coefficient (Wildman–Crippen LogP) is 2.09. The van der Waals surface area contributed by atoms with Gasteiger partial charge in [0.1, 0.15) is 0 Å². The van der Waals surface area contributed by atoms with Crippen LogP contribution in [0, 0.1) is 23.4 Å². The number of carbonyl (C=O) groups is 2. The van der Waals surface area contributed by atoms with Crippen LogP contribution in [0.2, 0.25) is 0 Å². The van der Waals surface area contributed by atoms with Gasteiger partial charge in [-0.15, -0.1) is 0 Å². The fourth-order valence-corrected chi connectivity index (χ4v) is 2.29. The van der Waals surface area contributed by atoms with E-state index in [0.29, 0.717) is 25.0 Å². The molecule has 1 aliphatic rings. The number of rotatable bonds is 3. The van der Waals surface area contributed by atoms with Gasteiger partial charge in [-0.25, -0.2) is 13.2 Å². The van der Waals surface area contributed by atoms with Crippen LogP contribution < -0.4 is 5.32 Å². The molecule has 2 rings (SSSR count). The van der Waals surface area contributed by atoms with Crippen molar-refractivity contribution < 1.29 is 27.9 Å². The topological polar surface area (TPSA) is 66.4 Å². The number of aliphatic carboxylic acids is 1. The van der Waals surface area contributed by atoms with Crippen LogP contribution in [0.25, 0.3) is 0 Å². The highest BCUT2D eigenvalue weighted by Crippen LogP contribution is 2.26. The van der Waals surface area contributed by atoms with Crippen LogP contribution >= 0.6 is 0 Å². The number of amides is 1. The summed E-state index contributed by atoms with van der Waals surface area (Å²) >= 11 is 0. The molecular weight excluding hydrogens is 275 g/mol. The van der Waals surface area contributed by atoms with E-state index in [-0.39, 0.29) is 18.0 Å². The maximum Gasteiger partial charge on any atom is 0.306 e. The average Bonchev–Trinajstić information content (AvgIpc) is 2.84. The predicted molar refractivity (Wildman–Crippen MR) is 62.5 cm³/mol. The van der Waals surface area contributed by atoms with Crippen LogP contribution in [-0.4, -0.2) is 23.0 Å². The zero-order chi connectivity index (χ0) is 14.9. The molecule has 1 amide bonds. The Morgan fingerprint density at radius 2 is 1.75 bits per heavy atom. The number of carboxylic acid groups (broad SMARTS) is 1. The minimum Gasteiger partial charge on any atom is -0.481 e. The number of halogens is 3. The summed E-state index contributed by atoms with van der Waals surface area (Å²) in [5.74, 6) is -6.72. The van der Waals surface area contributed by atoms with Crippen molar-refractivity contribution in [3.8, 4) is 0 Å². The van der Waals surface area contributed by atoms with Crippen molar-refractivity contribution in [1.29, 1.82) is 0 Å². The Morgan fingerprint density at radius 1 is 1.15 bits per heavy atom. The Labute approximate surface area is 112 Å². The highest BCUT2D eigenvalue weighted by atomic mass is 19.2. The van der Waals surface area contributed by atoms with E-state index in [1.165, 1.54) is 0 Å². The molecule has 0 heterocycles. The largest absolute Gasteiger partial charge is 0.481 e. The second kappa shape index (κ2) is 5.52. The van der Waals surface area contributed by atoms with Crippen molar-refractivity contribution in [3.05, 3.63) is 35.1 Å². The van der Waals surface area contributed by atoms with E-state index in [2.05, 4.69) is 5.32 Å². The summed E-state index contributed by atoms with van der Waals surface area (Å²) in [6.45, 7) is 0. The fourth-order valence-electron chi connectivity index (χ4n) is 2.29. The second-order valence-corrected chi connectivity index (χ2v) is 4.77. The first-order valence-corrected chi connectivity index (χ1v) is 6.06. The van der Waals surface area contributed by atoms with Crippen molar-refractivity contribution in [2.45, 2.75) is 25.3 Å². The van der Waals surface area contributed by atoms with Crippen molar-refractivity contribution in [1.82, 2.24) is 5.32 Å². The van der Waals surface area contributed by atoms with E-state index in [0.717, 1.165) is 0 Å². The summed E-state index contributed by atoms with van der Waals surface area (Å²) in [4.78, 5) is 22.6. The van der Waals surface area contributed by atoms with Gasteiger partial charge in [-0.3, -0.25) is 9.59 Å². The molecule has 0 aliphatic heterocycles. The quantitative estimate of drug-likeness (QED) is 0.836. The molecule has 1 aromatic rings. The Morgan fingerprint density at radius 3 is 2.25 bits per heavy atom. The summed E-state index contributed by atoms with van der Waals surface area (Å²) < 4.78 is 38.8. The molecule has 0 radical (unpaired) electrons. The molecule has 4 nitrogen and oxygen atoms in total. The monoisotopic (exact) mass is 287 g/mol. The minimum absolute atomic E-state index is 0.271. The fraction of sp³-hybridized carbons (Fsp3) is 0.385. The van der Waals surface area contributed by atoms with Crippen LogP contribution in [0.5, 0.6) is 0 Å². The maximum atomic E-state index is 13.0. The van der Waals surface area contributed by atoms with Gasteiger partial charge in [0.05, 0.1) is 5.92 Å². The van der Waals surface area contributed by atoms with Gasteiger partial charge in [-0.1, -0.05) is 0 Å². The number of hydrogen-bond donors (Lipinski definition) is 2. The van der Waals surface area contributed by atoms with Crippen LogP contribution in [0.3, 0.4) is 0 Å². The maximum absolute atomic E-state index is 13.0. The molecule has 7 heteroatoms. The molecule has 1 aliphatic carbocycles. The van der Waals surface area contributed by atoms with Gasteiger partial charge in [-0.2, -0.15) is 0 Å². The zero-order valence-electron chi connectivity index (χ0n) is 10.3. The number of benzene rings is 1. The molecule has 108 valence electrons. The van der Waals surface area contributed by atoms with Crippen molar-refractivity contribution in [3.63, 3.8) is 0 Å². The molecule has 2 N–H and O–H groups in total. The molecule has 1 aromatic carbocycles. The smallest absolute Gasteiger partial charge is 0.306 e. The molecular formula is C13H12F3NO3. The number of hydrogen-bond acceptors (Lipinski definition) is 2. The van der Waals surface area contributed by atoms with Crippen molar-refractivity contribution in [2.75, 3.05) is 0 Å². The summed E-state index contributed by atoms with van der Waals surface area (Å²) in [5, 5.41) is 11.3. The summed E-state index contributed by atoms with van der Waals surface area (Å²) in [6.07, 6.45) is 1.19. The molecule has 2 atom stereocenters. The van der Waals surface area contributed by atoms with Gasteiger partial charge in [-0.05, 0) is 31.4 Å². The molecule has 1 fully saturated rings. The van der Waals surface area contributed by atoms with E-state index < -0.39 is 35.2 Å². The molecule has 0 aromatic heterocycles. The molecule has 0 spiro atoms. The Bertz CT molecular complexity index is 539. The van der Waals surface area contributed by atoms with E-state index in [4.69, 9.17) is 5.11 Å². The normalized spacial score (nSPS) is 21.8. The Balaban J connectivity index is 2.04. The van der Waals surface area contributed by atoms with Crippen LogP contribution in [-0.2, 0) is 4.79 Å². The molecule has 1 saturated carbocycles. The number of carboxylic acids is 1. The van der Waals surface area contributed by atoms with E-state index in [1.807, 2.05) is 0 Å². The molecule has 0 saturated heterocycles. The van der Waals surface area contributed by atoms with Crippen LogP contribution in [0.4, 0.5) is 13.2 Å². The molecule has 0 bridgehead atoms. The lowest BCUT2D eigenvalue weighted by Crippen LogP contribution is -2.33. The Kier molecular flexibility index (Phi) is 3.96.